The number of carboxylic acids is 1. The standard InChI is InChI=1S/C23H24N2O6/c1-2-7-19(21(27)24-20(12-26)22(28)29)25-23(30)31-13-18-16-10-5-3-8-14(16)15-9-4-6-11-17(15)18/h2-6,8-11,18-20,26H,1,7,12-13H2,(H,24,27)(H,25,30)(H,28,29). The van der Waals surface area contributed by atoms with Gasteiger partial charge in [0.1, 0.15) is 18.7 Å². The molecule has 0 radical (unpaired) electrons. The third-order valence-corrected chi connectivity index (χ3v) is 5.15. The molecule has 162 valence electrons. The summed E-state index contributed by atoms with van der Waals surface area (Å²) in [6, 6.07) is 13.3. The average Bonchev–Trinajstić information content (AvgIpc) is 3.09. The second kappa shape index (κ2) is 9.90. The molecule has 1 aliphatic carbocycles. The summed E-state index contributed by atoms with van der Waals surface area (Å²) < 4.78 is 5.42. The molecule has 0 bridgehead atoms. The minimum absolute atomic E-state index is 0.0633. The molecule has 2 unspecified atom stereocenters. The first-order chi connectivity index (χ1) is 15.0. The molecule has 0 saturated carbocycles. The van der Waals surface area contributed by atoms with E-state index in [1.807, 2.05) is 48.5 Å². The van der Waals surface area contributed by atoms with Crippen LogP contribution in [0.3, 0.4) is 0 Å². The van der Waals surface area contributed by atoms with Gasteiger partial charge in [0, 0.05) is 5.92 Å². The molecule has 0 saturated heterocycles. The maximum atomic E-state index is 12.4. The van der Waals surface area contributed by atoms with Crippen LogP contribution < -0.4 is 10.6 Å². The summed E-state index contributed by atoms with van der Waals surface area (Å²) in [6.07, 6.45) is 0.677. The Morgan fingerprint density at radius 3 is 2.10 bits per heavy atom. The molecule has 2 aromatic carbocycles. The van der Waals surface area contributed by atoms with Crippen molar-refractivity contribution in [2.75, 3.05) is 13.2 Å². The maximum Gasteiger partial charge on any atom is 0.407 e. The molecule has 1 aliphatic rings. The van der Waals surface area contributed by atoms with Gasteiger partial charge in [-0.15, -0.1) is 6.58 Å². The fraction of sp³-hybridized carbons (Fsp3) is 0.261. The largest absolute Gasteiger partial charge is 0.480 e. The van der Waals surface area contributed by atoms with E-state index in [4.69, 9.17) is 14.9 Å². The van der Waals surface area contributed by atoms with E-state index in [1.54, 1.807) is 0 Å². The van der Waals surface area contributed by atoms with Gasteiger partial charge >= 0.3 is 12.1 Å². The Hall–Kier alpha value is -3.65. The number of alkyl carbamates (subject to hydrolysis) is 1. The first-order valence-electron chi connectivity index (χ1n) is 9.82. The Bertz CT molecular complexity index is 944. The van der Waals surface area contributed by atoms with Crippen LogP contribution in [0, 0.1) is 0 Å². The van der Waals surface area contributed by atoms with Gasteiger partial charge in [0.2, 0.25) is 5.91 Å². The van der Waals surface area contributed by atoms with E-state index in [9.17, 15) is 14.4 Å². The van der Waals surface area contributed by atoms with Crippen molar-refractivity contribution in [3.05, 3.63) is 72.3 Å². The summed E-state index contributed by atoms with van der Waals surface area (Å²) in [5.74, 6) is -2.26. The van der Waals surface area contributed by atoms with E-state index in [0.717, 1.165) is 22.3 Å². The molecule has 8 heteroatoms. The van der Waals surface area contributed by atoms with Crippen LogP contribution in [0.4, 0.5) is 4.79 Å². The molecule has 4 N–H and O–H groups in total. The Morgan fingerprint density at radius 2 is 1.58 bits per heavy atom. The summed E-state index contributed by atoms with van der Waals surface area (Å²) in [7, 11) is 0. The van der Waals surface area contributed by atoms with Crippen molar-refractivity contribution < 1.29 is 29.3 Å². The van der Waals surface area contributed by atoms with Crippen LogP contribution in [0.2, 0.25) is 0 Å². The zero-order chi connectivity index (χ0) is 22.4. The van der Waals surface area contributed by atoms with E-state index in [-0.39, 0.29) is 18.9 Å². The number of aliphatic carboxylic acids is 1. The quantitative estimate of drug-likeness (QED) is 0.457. The first kappa shape index (κ1) is 22.0. The summed E-state index contributed by atoms with van der Waals surface area (Å²) in [5, 5.41) is 22.7. The minimum atomic E-state index is -1.47. The monoisotopic (exact) mass is 424 g/mol. The van der Waals surface area contributed by atoms with Crippen LogP contribution >= 0.6 is 0 Å². The van der Waals surface area contributed by atoms with E-state index in [2.05, 4.69) is 17.2 Å². The number of aliphatic hydroxyl groups is 1. The van der Waals surface area contributed by atoms with Crippen molar-refractivity contribution in [3.8, 4) is 11.1 Å². The highest BCUT2D eigenvalue weighted by molar-refractivity contribution is 5.89. The normalized spacial score (nSPS) is 14.0. The summed E-state index contributed by atoms with van der Waals surface area (Å²) >= 11 is 0. The maximum absolute atomic E-state index is 12.4. The van der Waals surface area contributed by atoms with Gasteiger partial charge in [0.15, 0.2) is 0 Å². The number of amides is 2. The third kappa shape index (κ3) is 4.92. The zero-order valence-electron chi connectivity index (χ0n) is 16.8. The predicted molar refractivity (Wildman–Crippen MR) is 113 cm³/mol. The van der Waals surface area contributed by atoms with Gasteiger partial charge < -0.3 is 25.6 Å². The number of hydrogen-bond donors (Lipinski definition) is 4. The Balaban J connectivity index is 1.65. The highest BCUT2D eigenvalue weighted by Crippen LogP contribution is 2.44. The SMILES string of the molecule is C=CCC(NC(=O)OCC1c2ccccc2-c2ccccc21)C(=O)NC(CO)C(=O)O. The average molecular weight is 424 g/mol. The highest BCUT2D eigenvalue weighted by Gasteiger charge is 2.30. The Kier molecular flexibility index (Phi) is 7.04. The van der Waals surface area contributed by atoms with Crippen LogP contribution in [0.15, 0.2) is 61.2 Å². The van der Waals surface area contributed by atoms with Crippen LogP contribution in [0.1, 0.15) is 23.5 Å². The lowest BCUT2D eigenvalue weighted by atomic mass is 9.98. The van der Waals surface area contributed by atoms with E-state index >= 15 is 0 Å². The minimum Gasteiger partial charge on any atom is -0.480 e. The Morgan fingerprint density at radius 1 is 1.00 bits per heavy atom. The van der Waals surface area contributed by atoms with E-state index in [1.165, 1.54) is 6.08 Å². The summed E-state index contributed by atoms with van der Waals surface area (Å²) in [6.45, 7) is 2.85. The van der Waals surface area contributed by atoms with Gasteiger partial charge in [-0.1, -0.05) is 54.6 Å². The van der Waals surface area contributed by atoms with Gasteiger partial charge in [-0.3, -0.25) is 4.79 Å². The van der Waals surface area contributed by atoms with Crippen LogP contribution in [-0.4, -0.2) is 53.5 Å². The van der Waals surface area contributed by atoms with Crippen LogP contribution in [0.5, 0.6) is 0 Å². The highest BCUT2D eigenvalue weighted by atomic mass is 16.5. The van der Waals surface area contributed by atoms with Gasteiger partial charge in [-0.25, -0.2) is 9.59 Å². The van der Waals surface area contributed by atoms with E-state index < -0.39 is 36.7 Å². The fourth-order valence-electron chi connectivity index (χ4n) is 3.64. The molecule has 8 nitrogen and oxygen atoms in total. The molecule has 2 aromatic rings. The number of carboxylic acid groups (broad SMARTS) is 1. The number of carbonyl (C=O) groups excluding carboxylic acids is 2. The lowest BCUT2D eigenvalue weighted by Crippen LogP contribution is -2.52. The topological polar surface area (TPSA) is 125 Å². The zero-order valence-corrected chi connectivity index (χ0v) is 16.8. The number of carbonyl (C=O) groups is 3. The summed E-state index contributed by atoms with van der Waals surface area (Å²) in [4.78, 5) is 35.7. The number of nitrogens with one attached hydrogen (secondary N) is 2. The lowest BCUT2D eigenvalue weighted by Gasteiger charge is -2.20. The van der Waals surface area contributed by atoms with Crippen molar-refractivity contribution in [2.24, 2.45) is 0 Å². The number of hydrogen-bond acceptors (Lipinski definition) is 5. The number of ether oxygens (including phenoxy) is 1. The van der Waals surface area contributed by atoms with E-state index in [0.29, 0.717) is 0 Å². The first-order valence-corrected chi connectivity index (χ1v) is 9.82. The second-order valence-electron chi connectivity index (χ2n) is 7.13. The molecular formula is C23H24N2O6. The fourth-order valence-corrected chi connectivity index (χ4v) is 3.64. The number of rotatable bonds is 9. The van der Waals surface area contributed by atoms with Crippen molar-refractivity contribution in [1.29, 1.82) is 0 Å². The number of fused-ring (bicyclic) bond motifs is 3. The summed E-state index contributed by atoms with van der Waals surface area (Å²) in [5.41, 5.74) is 4.31. The molecule has 3 rings (SSSR count). The molecule has 0 heterocycles. The molecule has 2 amide bonds. The Labute approximate surface area is 179 Å². The molecule has 31 heavy (non-hydrogen) atoms. The van der Waals surface area contributed by atoms with Crippen LogP contribution in [0.25, 0.3) is 11.1 Å². The molecule has 2 atom stereocenters. The predicted octanol–water partition coefficient (Wildman–Crippen LogP) is 2.03. The number of benzene rings is 2. The van der Waals surface area contributed by atoms with Gasteiger partial charge in [-0.05, 0) is 28.7 Å². The molecule has 0 spiro atoms. The van der Waals surface area contributed by atoms with Crippen LogP contribution in [-0.2, 0) is 14.3 Å². The smallest absolute Gasteiger partial charge is 0.407 e. The molecule has 0 aromatic heterocycles. The molecule has 0 fully saturated rings. The molecule has 0 aliphatic heterocycles. The third-order valence-electron chi connectivity index (χ3n) is 5.15. The van der Waals surface area contributed by atoms with Gasteiger partial charge in [0.25, 0.3) is 0 Å². The van der Waals surface area contributed by atoms with Crippen molar-refractivity contribution >= 4 is 18.0 Å². The van der Waals surface area contributed by atoms with Crippen molar-refractivity contribution in [1.82, 2.24) is 10.6 Å². The van der Waals surface area contributed by atoms with Gasteiger partial charge in [0.05, 0.1) is 6.61 Å². The second-order valence-corrected chi connectivity index (χ2v) is 7.13. The number of aliphatic hydroxyl groups excluding tert-OH is 1. The molecular weight excluding hydrogens is 400 g/mol. The van der Waals surface area contributed by atoms with Crippen molar-refractivity contribution in [3.63, 3.8) is 0 Å². The van der Waals surface area contributed by atoms with Crippen molar-refractivity contribution in [2.45, 2.75) is 24.4 Å². The van der Waals surface area contributed by atoms with Gasteiger partial charge in [-0.2, -0.15) is 0 Å². The lowest BCUT2D eigenvalue weighted by molar-refractivity contribution is -0.143.